The van der Waals surface area contributed by atoms with Crippen LogP contribution in [0.1, 0.15) is 48.7 Å². The van der Waals surface area contributed by atoms with Crippen LogP contribution >= 0.6 is 0 Å². The van der Waals surface area contributed by atoms with Crippen LogP contribution in [0.2, 0.25) is 0 Å². The van der Waals surface area contributed by atoms with Crippen LogP contribution < -0.4 is 5.73 Å². The first-order valence-electron chi connectivity index (χ1n) is 5.48. The van der Waals surface area contributed by atoms with E-state index in [1.165, 1.54) is 36.9 Å². The van der Waals surface area contributed by atoms with E-state index in [1.807, 2.05) is 0 Å². The van der Waals surface area contributed by atoms with Gasteiger partial charge in [0.1, 0.15) is 0 Å². The molecule has 1 aliphatic rings. The highest BCUT2D eigenvalue weighted by Crippen LogP contribution is 2.31. The number of nitrogens with zero attached hydrogens (tertiary/aromatic N) is 2. The maximum absolute atomic E-state index is 5.71. The summed E-state index contributed by atoms with van der Waals surface area (Å²) in [7, 11) is 0. The Hall–Kier alpha value is -0.830. The summed E-state index contributed by atoms with van der Waals surface area (Å²) in [4.78, 5) is 0. The van der Waals surface area contributed by atoms with Crippen LogP contribution in [0.3, 0.4) is 0 Å². The second-order valence-corrected chi connectivity index (χ2v) is 4.24. The molecule has 1 heterocycles. The number of rotatable bonds is 2. The summed E-state index contributed by atoms with van der Waals surface area (Å²) >= 11 is 0. The molecule has 0 radical (unpaired) electrons. The molecule has 2 N–H and O–H groups in total. The van der Waals surface area contributed by atoms with Crippen molar-refractivity contribution in [3.05, 3.63) is 17.0 Å². The second-order valence-electron chi connectivity index (χ2n) is 4.24. The third-order valence-electron chi connectivity index (χ3n) is 3.35. The molecule has 0 bridgehead atoms. The van der Waals surface area contributed by atoms with Crippen molar-refractivity contribution in [3.8, 4) is 0 Å². The van der Waals surface area contributed by atoms with E-state index in [0.29, 0.717) is 12.6 Å². The summed E-state index contributed by atoms with van der Waals surface area (Å²) in [6, 6.07) is 0.633. The lowest BCUT2D eigenvalue weighted by molar-refractivity contribution is 0.454. The lowest BCUT2D eigenvalue weighted by atomic mass is 10.2. The van der Waals surface area contributed by atoms with Gasteiger partial charge in [-0.3, -0.25) is 4.68 Å². The zero-order valence-electron chi connectivity index (χ0n) is 9.08. The molecule has 1 aliphatic carbocycles. The van der Waals surface area contributed by atoms with E-state index in [9.17, 15) is 0 Å². The van der Waals surface area contributed by atoms with Gasteiger partial charge in [0.15, 0.2) is 0 Å². The molecule has 0 unspecified atom stereocenters. The predicted octanol–water partition coefficient (Wildman–Crippen LogP) is 2.07. The van der Waals surface area contributed by atoms with Crippen molar-refractivity contribution in [2.45, 2.75) is 52.1 Å². The number of nitrogens with two attached hydrogens (primary N) is 1. The molecule has 1 aromatic rings. The van der Waals surface area contributed by atoms with Crippen molar-refractivity contribution in [1.82, 2.24) is 9.78 Å². The van der Waals surface area contributed by atoms with Gasteiger partial charge in [-0.25, -0.2) is 0 Å². The summed E-state index contributed by atoms with van der Waals surface area (Å²) in [5.74, 6) is 0. The highest BCUT2D eigenvalue weighted by atomic mass is 15.3. The lowest BCUT2D eigenvalue weighted by Crippen LogP contribution is -2.09. The van der Waals surface area contributed by atoms with Crippen LogP contribution in [0.15, 0.2) is 0 Å². The zero-order valence-corrected chi connectivity index (χ0v) is 9.08. The van der Waals surface area contributed by atoms with E-state index >= 15 is 0 Å². The Morgan fingerprint density at radius 1 is 1.36 bits per heavy atom. The minimum absolute atomic E-state index is 0.615. The van der Waals surface area contributed by atoms with Gasteiger partial charge in [0.2, 0.25) is 0 Å². The van der Waals surface area contributed by atoms with Gasteiger partial charge in [-0.05, 0) is 26.7 Å². The fourth-order valence-electron chi connectivity index (χ4n) is 2.50. The maximum Gasteiger partial charge on any atom is 0.0641 e. The average Bonchev–Trinajstić information content (AvgIpc) is 2.74. The zero-order chi connectivity index (χ0) is 10.1. The third-order valence-corrected chi connectivity index (χ3v) is 3.35. The molecule has 3 nitrogen and oxygen atoms in total. The standard InChI is InChI=1S/C11H19N3/c1-8-11(7-12)9(2)14(13-8)10-5-3-4-6-10/h10H,3-7,12H2,1-2H3. The average molecular weight is 193 g/mol. The van der Waals surface area contributed by atoms with Gasteiger partial charge < -0.3 is 5.73 Å². The molecule has 3 heteroatoms. The van der Waals surface area contributed by atoms with Crippen molar-refractivity contribution < 1.29 is 0 Å². The minimum Gasteiger partial charge on any atom is -0.326 e. The number of hydrogen-bond donors (Lipinski definition) is 1. The molecular weight excluding hydrogens is 174 g/mol. The van der Waals surface area contributed by atoms with Crippen molar-refractivity contribution in [2.75, 3.05) is 0 Å². The van der Waals surface area contributed by atoms with Crippen molar-refractivity contribution in [1.29, 1.82) is 0 Å². The first-order valence-corrected chi connectivity index (χ1v) is 5.48. The summed E-state index contributed by atoms with van der Waals surface area (Å²) in [6.45, 7) is 4.81. The van der Waals surface area contributed by atoms with Crippen LogP contribution in [0.4, 0.5) is 0 Å². The smallest absolute Gasteiger partial charge is 0.0641 e. The summed E-state index contributed by atoms with van der Waals surface area (Å²) in [5.41, 5.74) is 9.33. The van der Waals surface area contributed by atoms with Crippen LogP contribution in [-0.4, -0.2) is 9.78 Å². The molecule has 0 spiro atoms. The summed E-state index contributed by atoms with van der Waals surface area (Å²) < 4.78 is 2.20. The van der Waals surface area contributed by atoms with Gasteiger partial charge >= 0.3 is 0 Å². The highest BCUT2D eigenvalue weighted by Gasteiger charge is 2.21. The fraction of sp³-hybridized carbons (Fsp3) is 0.727. The molecular formula is C11H19N3. The maximum atomic E-state index is 5.71. The predicted molar refractivity (Wildman–Crippen MR) is 57.1 cm³/mol. The molecule has 1 fully saturated rings. The van der Waals surface area contributed by atoms with E-state index in [0.717, 1.165) is 5.69 Å². The highest BCUT2D eigenvalue weighted by molar-refractivity contribution is 5.24. The molecule has 0 aromatic carbocycles. The van der Waals surface area contributed by atoms with Gasteiger partial charge in [0.25, 0.3) is 0 Å². The van der Waals surface area contributed by atoms with Gasteiger partial charge in [-0.1, -0.05) is 12.8 Å². The molecule has 0 saturated heterocycles. The first-order chi connectivity index (χ1) is 6.74. The lowest BCUT2D eigenvalue weighted by Gasteiger charge is -2.12. The molecule has 78 valence electrons. The van der Waals surface area contributed by atoms with E-state index in [1.54, 1.807) is 0 Å². The fourth-order valence-corrected chi connectivity index (χ4v) is 2.50. The number of hydrogen-bond acceptors (Lipinski definition) is 2. The molecule has 1 saturated carbocycles. The van der Waals surface area contributed by atoms with Crippen molar-refractivity contribution in [2.24, 2.45) is 5.73 Å². The normalized spacial score (nSPS) is 17.9. The molecule has 1 aromatic heterocycles. The quantitative estimate of drug-likeness (QED) is 0.781. The first kappa shape index (κ1) is 9.71. The largest absolute Gasteiger partial charge is 0.326 e. The molecule has 0 amide bonds. The molecule has 14 heavy (non-hydrogen) atoms. The van der Waals surface area contributed by atoms with Crippen molar-refractivity contribution >= 4 is 0 Å². The monoisotopic (exact) mass is 193 g/mol. The Balaban J connectivity index is 2.33. The van der Waals surface area contributed by atoms with Crippen LogP contribution in [-0.2, 0) is 6.54 Å². The minimum atomic E-state index is 0.615. The van der Waals surface area contributed by atoms with Gasteiger partial charge in [-0.2, -0.15) is 5.10 Å². The number of aryl methyl sites for hydroxylation is 1. The Morgan fingerprint density at radius 3 is 2.50 bits per heavy atom. The Kier molecular flexibility index (Phi) is 2.59. The van der Waals surface area contributed by atoms with E-state index < -0.39 is 0 Å². The summed E-state index contributed by atoms with van der Waals surface area (Å²) in [6.07, 6.45) is 5.26. The van der Waals surface area contributed by atoms with E-state index in [-0.39, 0.29) is 0 Å². The Bertz CT molecular complexity index is 322. The van der Waals surface area contributed by atoms with Gasteiger partial charge in [-0.15, -0.1) is 0 Å². The van der Waals surface area contributed by atoms with Gasteiger partial charge in [0.05, 0.1) is 11.7 Å². The van der Waals surface area contributed by atoms with Crippen LogP contribution in [0.5, 0.6) is 0 Å². The van der Waals surface area contributed by atoms with Crippen LogP contribution in [0, 0.1) is 13.8 Å². The van der Waals surface area contributed by atoms with Crippen LogP contribution in [0.25, 0.3) is 0 Å². The number of aromatic nitrogens is 2. The molecule has 0 aliphatic heterocycles. The second kappa shape index (κ2) is 3.73. The Labute approximate surface area is 85.3 Å². The van der Waals surface area contributed by atoms with Gasteiger partial charge in [0, 0.05) is 17.8 Å². The van der Waals surface area contributed by atoms with Crippen molar-refractivity contribution in [3.63, 3.8) is 0 Å². The van der Waals surface area contributed by atoms with E-state index in [4.69, 9.17) is 5.73 Å². The summed E-state index contributed by atoms with van der Waals surface area (Å²) in [5, 5.41) is 4.60. The molecule has 0 atom stereocenters. The molecule has 2 rings (SSSR count). The van der Waals surface area contributed by atoms with E-state index in [2.05, 4.69) is 23.6 Å². The SMILES string of the molecule is Cc1nn(C2CCCC2)c(C)c1CN. The Morgan fingerprint density at radius 2 is 2.00 bits per heavy atom. The third kappa shape index (κ3) is 1.46. The topological polar surface area (TPSA) is 43.8 Å².